The molecule has 3 heteroatoms. The maximum absolute atomic E-state index is 9.76. The van der Waals surface area contributed by atoms with Crippen molar-refractivity contribution in [1.29, 1.82) is 0 Å². The van der Waals surface area contributed by atoms with Crippen molar-refractivity contribution in [3.63, 3.8) is 0 Å². The lowest BCUT2D eigenvalue weighted by molar-refractivity contribution is 0.426. The molecule has 0 radical (unpaired) electrons. The number of rotatable bonds is 5. The monoisotopic (exact) mass is 426 g/mol. The van der Waals surface area contributed by atoms with E-state index in [1.54, 1.807) is 6.07 Å². The zero-order valence-electron chi connectivity index (χ0n) is 18.1. The first kappa shape index (κ1) is 21.0. The van der Waals surface area contributed by atoms with E-state index >= 15 is 0 Å². The zero-order chi connectivity index (χ0) is 22.6. The van der Waals surface area contributed by atoms with Gasteiger partial charge in [-0.25, -0.2) is 0 Å². The Morgan fingerprint density at radius 3 is 1.12 bits per heavy atom. The molecule has 0 spiro atoms. The van der Waals surface area contributed by atoms with Gasteiger partial charge in [0.15, 0.2) is 0 Å². The highest BCUT2D eigenvalue weighted by Gasteiger charge is 2.17. The smallest absolute Gasteiger partial charge is 0.423 e. The zero-order valence-corrected chi connectivity index (χ0v) is 18.1. The highest BCUT2D eigenvalue weighted by atomic mass is 16.4. The highest BCUT2D eigenvalue weighted by Crippen LogP contribution is 2.41. The number of hydrogen-bond acceptors (Lipinski definition) is 2. The molecule has 158 valence electrons. The van der Waals surface area contributed by atoms with Crippen molar-refractivity contribution in [2.45, 2.75) is 0 Å². The molecule has 5 aromatic carbocycles. The molecule has 0 saturated carbocycles. The maximum atomic E-state index is 9.76. The van der Waals surface area contributed by atoms with Crippen LogP contribution in [0.2, 0.25) is 0 Å². The Morgan fingerprint density at radius 1 is 0.364 bits per heavy atom. The molecule has 0 atom stereocenters. The van der Waals surface area contributed by atoms with Gasteiger partial charge in [-0.05, 0) is 62.1 Å². The molecule has 2 nitrogen and oxygen atoms in total. The number of benzene rings is 5. The molecule has 0 aliphatic carbocycles. The third kappa shape index (κ3) is 4.38. The molecule has 0 aromatic heterocycles. The Labute approximate surface area is 194 Å². The SMILES string of the molecule is OB(O)c1cccc(-c2cc(-c3ccccc3)c(-c3ccccc3)cc2-c2ccccc2)c1. The molecule has 2 N–H and O–H groups in total. The van der Waals surface area contributed by atoms with Crippen LogP contribution in [0, 0.1) is 0 Å². The molecule has 0 saturated heterocycles. The second-order valence-electron chi connectivity index (χ2n) is 8.04. The van der Waals surface area contributed by atoms with Crippen LogP contribution in [-0.2, 0) is 0 Å². The van der Waals surface area contributed by atoms with Crippen LogP contribution >= 0.6 is 0 Å². The molecule has 33 heavy (non-hydrogen) atoms. The second-order valence-corrected chi connectivity index (χ2v) is 8.04. The van der Waals surface area contributed by atoms with E-state index in [4.69, 9.17) is 0 Å². The third-order valence-electron chi connectivity index (χ3n) is 5.91. The fourth-order valence-corrected chi connectivity index (χ4v) is 4.27. The lowest BCUT2D eigenvalue weighted by Crippen LogP contribution is -2.29. The van der Waals surface area contributed by atoms with Crippen LogP contribution < -0.4 is 5.46 Å². The summed E-state index contributed by atoms with van der Waals surface area (Å²) in [7, 11) is -1.51. The maximum Gasteiger partial charge on any atom is 0.488 e. The Morgan fingerprint density at radius 2 is 0.727 bits per heavy atom. The van der Waals surface area contributed by atoms with Gasteiger partial charge in [0.1, 0.15) is 0 Å². The summed E-state index contributed by atoms with van der Waals surface area (Å²) in [4.78, 5) is 0. The first-order chi connectivity index (χ1) is 16.2. The fourth-order valence-electron chi connectivity index (χ4n) is 4.27. The molecule has 0 aliphatic heterocycles. The normalized spacial score (nSPS) is 10.7. The van der Waals surface area contributed by atoms with Crippen LogP contribution in [-0.4, -0.2) is 17.2 Å². The summed E-state index contributed by atoms with van der Waals surface area (Å²) in [5.41, 5.74) is 9.24. The van der Waals surface area contributed by atoms with E-state index in [0.717, 1.165) is 44.5 Å². The molecule has 5 rings (SSSR count). The first-order valence-corrected chi connectivity index (χ1v) is 11.0. The summed E-state index contributed by atoms with van der Waals surface area (Å²) in [6.45, 7) is 0. The number of hydrogen-bond donors (Lipinski definition) is 2. The van der Waals surface area contributed by atoms with Crippen molar-refractivity contribution in [3.8, 4) is 44.5 Å². The highest BCUT2D eigenvalue weighted by molar-refractivity contribution is 6.58. The van der Waals surface area contributed by atoms with E-state index in [-0.39, 0.29) is 0 Å². The summed E-state index contributed by atoms with van der Waals surface area (Å²) >= 11 is 0. The van der Waals surface area contributed by atoms with Crippen LogP contribution in [0.25, 0.3) is 44.5 Å². The minimum Gasteiger partial charge on any atom is -0.423 e. The standard InChI is InChI=1S/C30H23BO2/c32-31(33)26-18-10-17-25(19-26)30-21-28(23-13-6-2-7-14-23)27(22-11-4-1-5-12-22)20-29(30)24-15-8-3-9-16-24/h1-21,32-33H. The first-order valence-electron chi connectivity index (χ1n) is 11.0. The molecule has 0 heterocycles. The van der Waals surface area contributed by atoms with Crippen molar-refractivity contribution in [3.05, 3.63) is 127 Å². The van der Waals surface area contributed by atoms with E-state index in [1.165, 1.54) is 0 Å². The van der Waals surface area contributed by atoms with Crippen LogP contribution in [0.5, 0.6) is 0 Å². The Kier molecular flexibility index (Phi) is 5.90. The summed E-state index contributed by atoms with van der Waals surface area (Å²) in [5, 5.41) is 19.5. The molecule has 5 aromatic rings. The van der Waals surface area contributed by atoms with Gasteiger partial charge in [-0.2, -0.15) is 0 Å². The average Bonchev–Trinajstić information content (AvgIpc) is 2.89. The molecule has 0 unspecified atom stereocenters. The Bertz CT molecular complexity index is 1370. The average molecular weight is 426 g/mol. The van der Waals surface area contributed by atoms with Gasteiger partial charge in [-0.15, -0.1) is 0 Å². The van der Waals surface area contributed by atoms with E-state index in [9.17, 15) is 10.0 Å². The summed E-state index contributed by atoms with van der Waals surface area (Å²) in [6, 6.07) is 43.1. The molecule has 0 aliphatic rings. The van der Waals surface area contributed by atoms with Gasteiger partial charge in [0, 0.05) is 0 Å². The van der Waals surface area contributed by atoms with Crippen LogP contribution in [0.3, 0.4) is 0 Å². The fraction of sp³-hybridized carbons (Fsp3) is 0. The van der Waals surface area contributed by atoms with Gasteiger partial charge < -0.3 is 10.0 Å². The Balaban J connectivity index is 1.84. The van der Waals surface area contributed by atoms with Crippen molar-refractivity contribution in [1.82, 2.24) is 0 Å². The molecular weight excluding hydrogens is 403 g/mol. The summed E-state index contributed by atoms with van der Waals surface area (Å²) in [5.74, 6) is 0. The quantitative estimate of drug-likeness (QED) is 0.337. The molecule has 0 bridgehead atoms. The lowest BCUT2D eigenvalue weighted by atomic mass is 9.78. The predicted octanol–water partition coefficient (Wildman–Crippen LogP) is 6.03. The topological polar surface area (TPSA) is 40.5 Å². The van der Waals surface area contributed by atoms with E-state index in [2.05, 4.69) is 72.8 Å². The van der Waals surface area contributed by atoms with Gasteiger partial charge in [-0.3, -0.25) is 0 Å². The largest absolute Gasteiger partial charge is 0.488 e. The molecular formula is C30H23BO2. The van der Waals surface area contributed by atoms with Gasteiger partial charge in [0.2, 0.25) is 0 Å². The van der Waals surface area contributed by atoms with E-state index < -0.39 is 7.12 Å². The third-order valence-corrected chi connectivity index (χ3v) is 5.91. The summed E-state index contributed by atoms with van der Waals surface area (Å²) < 4.78 is 0. The minimum atomic E-state index is -1.51. The van der Waals surface area contributed by atoms with Gasteiger partial charge in [0.25, 0.3) is 0 Å². The van der Waals surface area contributed by atoms with Crippen molar-refractivity contribution < 1.29 is 10.0 Å². The van der Waals surface area contributed by atoms with Crippen LogP contribution in [0.15, 0.2) is 127 Å². The summed E-state index contributed by atoms with van der Waals surface area (Å²) in [6.07, 6.45) is 0. The molecule has 0 amide bonds. The van der Waals surface area contributed by atoms with E-state index in [0.29, 0.717) is 5.46 Å². The van der Waals surface area contributed by atoms with Gasteiger partial charge >= 0.3 is 7.12 Å². The minimum absolute atomic E-state index is 0.472. The Hall–Kier alpha value is -3.92. The van der Waals surface area contributed by atoms with Crippen molar-refractivity contribution in [2.24, 2.45) is 0 Å². The van der Waals surface area contributed by atoms with E-state index in [1.807, 2.05) is 48.5 Å². The van der Waals surface area contributed by atoms with Gasteiger partial charge in [0.05, 0.1) is 0 Å². The second kappa shape index (κ2) is 9.29. The van der Waals surface area contributed by atoms with Crippen molar-refractivity contribution in [2.75, 3.05) is 0 Å². The predicted molar refractivity (Wildman–Crippen MR) is 138 cm³/mol. The lowest BCUT2D eigenvalue weighted by Gasteiger charge is -2.18. The van der Waals surface area contributed by atoms with Gasteiger partial charge in [-0.1, -0.05) is 115 Å². The van der Waals surface area contributed by atoms with Crippen molar-refractivity contribution >= 4 is 12.6 Å². The van der Waals surface area contributed by atoms with Crippen LogP contribution in [0.1, 0.15) is 0 Å². The molecule has 0 fully saturated rings. The van der Waals surface area contributed by atoms with Crippen LogP contribution in [0.4, 0.5) is 0 Å².